The van der Waals surface area contributed by atoms with Crippen LogP contribution >= 0.6 is 0 Å². The summed E-state index contributed by atoms with van der Waals surface area (Å²) in [6.07, 6.45) is 0.780. The number of fused-ring (bicyclic) bond motifs is 1. The van der Waals surface area contributed by atoms with Crippen molar-refractivity contribution in [2.75, 3.05) is 0 Å². The van der Waals surface area contributed by atoms with E-state index in [9.17, 15) is 14.4 Å². The van der Waals surface area contributed by atoms with E-state index in [2.05, 4.69) is 0 Å². The lowest BCUT2D eigenvalue weighted by Gasteiger charge is -1.93. The highest BCUT2D eigenvalue weighted by Crippen LogP contribution is 1.98. The van der Waals surface area contributed by atoms with Crippen molar-refractivity contribution in [1.29, 1.82) is 0 Å². The molecule has 0 aromatic carbocycles. The third kappa shape index (κ3) is 1.09. The molecule has 1 aromatic rings. The summed E-state index contributed by atoms with van der Waals surface area (Å²) >= 11 is 0. The Balaban J connectivity index is 2.58. The zero-order chi connectivity index (χ0) is 10.3. The highest BCUT2D eigenvalue weighted by Gasteiger charge is 2.20. The van der Waals surface area contributed by atoms with Crippen LogP contribution < -0.4 is 17.1 Å². The third-order valence-electron chi connectivity index (χ3n) is 2.25. The van der Waals surface area contributed by atoms with Gasteiger partial charge in [0.25, 0.3) is 0 Å². The second kappa shape index (κ2) is 2.86. The number of amides is 1. The smallest absolute Gasteiger partial charge is 0.347 e. The maximum atomic E-state index is 11.5. The summed E-state index contributed by atoms with van der Waals surface area (Å²) in [5.41, 5.74) is 4.02. The first-order valence-corrected chi connectivity index (χ1v) is 4.30. The molecule has 0 saturated heterocycles. The zero-order valence-corrected chi connectivity index (χ0v) is 7.47. The van der Waals surface area contributed by atoms with Crippen LogP contribution in [0.1, 0.15) is 6.42 Å². The molecule has 0 fully saturated rings. The van der Waals surface area contributed by atoms with Gasteiger partial charge in [-0.25, -0.2) is 23.5 Å². The number of aromatic nitrogens is 3. The summed E-state index contributed by atoms with van der Waals surface area (Å²) < 4.78 is 3.54. The molecule has 0 bridgehead atoms. The number of carbonyl (C=O) groups excluding carboxylic acids is 1. The Hall–Kier alpha value is -1.79. The molecular formula is C7H10N4O3. The molecule has 1 aliphatic rings. The summed E-state index contributed by atoms with van der Waals surface area (Å²) in [7, 11) is 0. The maximum Gasteiger partial charge on any atom is 0.347 e. The normalized spacial score (nSPS) is 14.3. The fourth-order valence-corrected chi connectivity index (χ4v) is 1.66. The van der Waals surface area contributed by atoms with Crippen LogP contribution in [0.15, 0.2) is 9.59 Å². The van der Waals surface area contributed by atoms with E-state index in [0.717, 1.165) is 11.0 Å². The van der Waals surface area contributed by atoms with Gasteiger partial charge in [0.1, 0.15) is 6.54 Å². The van der Waals surface area contributed by atoms with Crippen LogP contribution in [0, 0.1) is 0 Å². The van der Waals surface area contributed by atoms with Crippen LogP contribution in [-0.4, -0.2) is 19.8 Å². The van der Waals surface area contributed by atoms with Crippen molar-refractivity contribution in [2.45, 2.75) is 26.1 Å². The lowest BCUT2D eigenvalue weighted by atomic mass is 10.5. The van der Waals surface area contributed by atoms with E-state index in [-0.39, 0.29) is 6.54 Å². The number of nitrogens with zero attached hydrogens (tertiary/aromatic N) is 3. The topological polar surface area (TPSA) is 92.0 Å². The molecule has 14 heavy (non-hydrogen) atoms. The van der Waals surface area contributed by atoms with Gasteiger partial charge in [-0.15, -0.1) is 0 Å². The minimum atomic E-state index is -0.686. The van der Waals surface area contributed by atoms with Gasteiger partial charge in [0.05, 0.1) is 0 Å². The molecule has 0 radical (unpaired) electrons. The quantitative estimate of drug-likeness (QED) is 0.579. The summed E-state index contributed by atoms with van der Waals surface area (Å²) in [6, 6.07) is 0. The van der Waals surface area contributed by atoms with Crippen LogP contribution in [0.2, 0.25) is 0 Å². The largest absolute Gasteiger partial charge is 0.368 e. The molecule has 0 aliphatic carbocycles. The molecule has 0 atom stereocenters. The summed E-state index contributed by atoms with van der Waals surface area (Å²) in [6.45, 7) is 0.713. The minimum absolute atomic E-state index is 0.343. The number of primary amides is 1. The van der Waals surface area contributed by atoms with Gasteiger partial charge < -0.3 is 5.73 Å². The lowest BCUT2D eigenvalue weighted by Crippen LogP contribution is -2.35. The van der Waals surface area contributed by atoms with Crippen molar-refractivity contribution in [3.63, 3.8) is 0 Å². The van der Waals surface area contributed by atoms with Crippen LogP contribution in [0.5, 0.6) is 0 Å². The first kappa shape index (κ1) is 8.79. The summed E-state index contributed by atoms with van der Waals surface area (Å²) in [4.78, 5) is 33.6. The second-order valence-corrected chi connectivity index (χ2v) is 3.22. The van der Waals surface area contributed by atoms with E-state index >= 15 is 0 Å². The van der Waals surface area contributed by atoms with Crippen molar-refractivity contribution in [2.24, 2.45) is 5.73 Å². The van der Waals surface area contributed by atoms with Crippen molar-refractivity contribution >= 4 is 5.91 Å². The Morgan fingerprint density at radius 2 is 1.71 bits per heavy atom. The van der Waals surface area contributed by atoms with Gasteiger partial charge in [-0.2, -0.15) is 0 Å². The lowest BCUT2D eigenvalue weighted by molar-refractivity contribution is -0.118. The fraction of sp³-hybridized carbons (Fsp3) is 0.571. The molecule has 2 heterocycles. The standard InChI is InChI=1S/C7H10N4O3/c8-5(12)4-9-6(13)10-2-1-3-11(10)7(9)14/h1-4H2,(H2,8,12). The SMILES string of the molecule is NC(=O)Cn1c(=O)n2n(c1=O)CCC2. The molecule has 0 unspecified atom stereocenters. The van der Waals surface area contributed by atoms with E-state index in [1.54, 1.807) is 0 Å². The molecule has 1 aromatic heterocycles. The first-order chi connectivity index (χ1) is 6.61. The molecule has 2 N–H and O–H groups in total. The number of nitrogens with two attached hydrogens (primary N) is 1. The Bertz CT molecular complexity index is 457. The minimum Gasteiger partial charge on any atom is -0.368 e. The Morgan fingerprint density at radius 3 is 2.14 bits per heavy atom. The molecule has 2 rings (SSSR count). The van der Waals surface area contributed by atoms with Crippen molar-refractivity contribution in [3.05, 3.63) is 21.0 Å². The average Bonchev–Trinajstić information content (AvgIpc) is 2.65. The van der Waals surface area contributed by atoms with Crippen molar-refractivity contribution < 1.29 is 4.79 Å². The van der Waals surface area contributed by atoms with Gasteiger partial charge in [0.15, 0.2) is 0 Å². The van der Waals surface area contributed by atoms with Gasteiger partial charge in [0.2, 0.25) is 5.91 Å². The number of hydrogen-bond donors (Lipinski definition) is 1. The van der Waals surface area contributed by atoms with E-state index in [0.29, 0.717) is 13.1 Å². The van der Waals surface area contributed by atoms with Crippen molar-refractivity contribution in [1.82, 2.24) is 13.9 Å². The average molecular weight is 198 g/mol. The monoisotopic (exact) mass is 198 g/mol. The predicted octanol–water partition coefficient (Wildman–Crippen LogP) is -2.30. The molecule has 1 amide bonds. The van der Waals surface area contributed by atoms with E-state index in [4.69, 9.17) is 5.73 Å². The van der Waals surface area contributed by atoms with Crippen LogP contribution in [0.4, 0.5) is 0 Å². The highest BCUT2D eigenvalue weighted by molar-refractivity contribution is 5.73. The fourth-order valence-electron chi connectivity index (χ4n) is 1.66. The number of hydrogen-bond acceptors (Lipinski definition) is 3. The Kier molecular flexibility index (Phi) is 1.80. The van der Waals surface area contributed by atoms with Gasteiger partial charge in [0, 0.05) is 13.1 Å². The Labute approximate surface area is 78.3 Å². The van der Waals surface area contributed by atoms with Gasteiger partial charge in [-0.05, 0) is 6.42 Å². The third-order valence-corrected chi connectivity index (χ3v) is 2.25. The Morgan fingerprint density at radius 1 is 1.21 bits per heavy atom. The van der Waals surface area contributed by atoms with Gasteiger partial charge in [-0.3, -0.25) is 4.79 Å². The summed E-state index contributed by atoms with van der Waals surface area (Å²) in [5, 5.41) is 0. The highest BCUT2D eigenvalue weighted by atomic mass is 16.2. The predicted molar refractivity (Wildman–Crippen MR) is 46.8 cm³/mol. The van der Waals surface area contributed by atoms with E-state index in [1.807, 2.05) is 0 Å². The van der Waals surface area contributed by atoms with E-state index in [1.165, 1.54) is 9.36 Å². The molecule has 76 valence electrons. The molecule has 7 nitrogen and oxygen atoms in total. The van der Waals surface area contributed by atoms with E-state index < -0.39 is 17.3 Å². The molecular weight excluding hydrogens is 188 g/mol. The zero-order valence-electron chi connectivity index (χ0n) is 7.47. The first-order valence-electron chi connectivity index (χ1n) is 4.30. The second-order valence-electron chi connectivity index (χ2n) is 3.22. The maximum absolute atomic E-state index is 11.5. The molecule has 0 spiro atoms. The van der Waals surface area contributed by atoms with Crippen LogP contribution in [0.3, 0.4) is 0 Å². The molecule has 7 heteroatoms. The number of rotatable bonds is 2. The summed E-state index contributed by atoms with van der Waals surface area (Å²) in [5.74, 6) is -0.686. The van der Waals surface area contributed by atoms with Crippen LogP contribution in [0.25, 0.3) is 0 Å². The number of carbonyl (C=O) groups is 1. The van der Waals surface area contributed by atoms with Gasteiger partial charge >= 0.3 is 11.4 Å². The van der Waals surface area contributed by atoms with Crippen molar-refractivity contribution in [3.8, 4) is 0 Å². The van der Waals surface area contributed by atoms with Crippen LogP contribution in [-0.2, 0) is 24.4 Å². The molecule has 1 aliphatic heterocycles. The van der Waals surface area contributed by atoms with Gasteiger partial charge in [-0.1, -0.05) is 0 Å². The molecule has 0 saturated carbocycles.